The van der Waals surface area contributed by atoms with Crippen LogP contribution in [0.4, 0.5) is 4.79 Å². The molecule has 3 rings (SSSR count). The Hall–Kier alpha value is -2.27. The molecule has 1 N–H and O–H groups in total. The summed E-state index contributed by atoms with van der Waals surface area (Å²) in [4.78, 5) is 11.7. The van der Waals surface area contributed by atoms with Crippen LogP contribution in [0.2, 0.25) is 0 Å². The lowest BCUT2D eigenvalue weighted by Gasteiger charge is -2.13. The number of hydrogen-bond acceptors (Lipinski definition) is 4. The standard InChI is InChI=1S/C19H23NO4/c1-22-9-4-10-23-18-12-14(11-15-5-2-3-6-17(15)18)13-20-19(21)24-16-7-8-16/h2-3,5-6,11-12,16H,4,7-10,13H2,1H3,(H,20,21). The Morgan fingerprint density at radius 3 is 2.83 bits per heavy atom. The number of alkyl carbamates (subject to hydrolysis) is 1. The maximum absolute atomic E-state index is 11.7. The van der Waals surface area contributed by atoms with E-state index in [4.69, 9.17) is 14.2 Å². The van der Waals surface area contributed by atoms with Crippen molar-refractivity contribution in [2.24, 2.45) is 0 Å². The van der Waals surface area contributed by atoms with Crippen LogP contribution < -0.4 is 10.1 Å². The van der Waals surface area contributed by atoms with Gasteiger partial charge in [0.2, 0.25) is 0 Å². The van der Waals surface area contributed by atoms with E-state index >= 15 is 0 Å². The van der Waals surface area contributed by atoms with E-state index in [1.807, 2.05) is 30.3 Å². The minimum Gasteiger partial charge on any atom is -0.493 e. The van der Waals surface area contributed by atoms with Crippen LogP contribution >= 0.6 is 0 Å². The van der Waals surface area contributed by atoms with Crippen LogP contribution in [0.3, 0.4) is 0 Å². The summed E-state index contributed by atoms with van der Waals surface area (Å²) in [5.41, 5.74) is 0.989. The van der Waals surface area contributed by atoms with Crippen LogP contribution in [0.1, 0.15) is 24.8 Å². The highest BCUT2D eigenvalue weighted by molar-refractivity contribution is 5.89. The first-order chi connectivity index (χ1) is 11.8. The van der Waals surface area contributed by atoms with Crippen molar-refractivity contribution in [2.75, 3.05) is 20.3 Å². The monoisotopic (exact) mass is 329 g/mol. The fourth-order valence-corrected chi connectivity index (χ4v) is 2.49. The van der Waals surface area contributed by atoms with E-state index in [9.17, 15) is 4.79 Å². The van der Waals surface area contributed by atoms with Crippen molar-refractivity contribution in [1.82, 2.24) is 5.32 Å². The van der Waals surface area contributed by atoms with E-state index in [0.717, 1.165) is 41.3 Å². The molecule has 0 aromatic heterocycles. The number of benzene rings is 2. The number of rotatable bonds is 8. The number of hydrogen-bond donors (Lipinski definition) is 1. The van der Waals surface area contributed by atoms with Gasteiger partial charge < -0.3 is 19.5 Å². The average molecular weight is 329 g/mol. The highest BCUT2D eigenvalue weighted by Crippen LogP contribution is 2.28. The van der Waals surface area contributed by atoms with E-state index in [-0.39, 0.29) is 12.2 Å². The zero-order valence-corrected chi connectivity index (χ0v) is 13.9. The quantitative estimate of drug-likeness (QED) is 0.751. The molecular formula is C19H23NO4. The van der Waals surface area contributed by atoms with Crippen molar-refractivity contribution in [2.45, 2.75) is 31.9 Å². The topological polar surface area (TPSA) is 56.8 Å². The molecule has 1 fully saturated rings. The van der Waals surface area contributed by atoms with Crippen molar-refractivity contribution < 1.29 is 19.0 Å². The average Bonchev–Trinajstić information content (AvgIpc) is 3.40. The molecule has 1 saturated carbocycles. The number of carbonyl (C=O) groups is 1. The number of nitrogens with one attached hydrogen (secondary N) is 1. The van der Waals surface area contributed by atoms with Crippen LogP contribution in [0.5, 0.6) is 5.75 Å². The number of fused-ring (bicyclic) bond motifs is 1. The van der Waals surface area contributed by atoms with Gasteiger partial charge in [0.25, 0.3) is 0 Å². The van der Waals surface area contributed by atoms with Gasteiger partial charge in [0.05, 0.1) is 6.61 Å². The lowest BCUT2D eigenvalue weighted by molar-refractivity contribution is 0.138. The smallest absolute Gasteiger partial charge is 0.407 e. The SMILES string of the molecule is COCCCOc1cc(CNC(=O)OC2CC2)cc2ccccc12. The first kappa shape index (κ1) is 16.6. The van der Waals surface area contributed by atoms with Gasteiger partial charge in [0, 0.05) is 32.1 Å². The van der Waals surface area contributed by atoms with Gasteiger partial charge in [0.1, 0.15) is 11.9 Å². The second-order valence-corrected chi connectivity index (χ2v) is 5.97. The Morgan fingerprint density at radius 1 is 1.21 bits per heavy atom. The van der Waals surface area contributed by atoms with Gasteiger partial charge in [-0.3, -0.25) is 0 Å². The van der Waals surface area contributed by atoms with Crippen LogP contribution in [-0.2, 0) is 16.0 Å². The molecule has 0 bridgehead atoms. The predicted molar refractivity (Wildman–Crippen MR) is 92.3 cm³/mol. The number of ether oxygens (including phenoxy) is 3. The molecule has 1 aliphatic carbocycles. The zero-order valence-electron chi connectivity index (χ0n) is 13.9. The maximum Gasteiger partial charge on any atom is 0.407 e. The summed E-state index contributed by atoms with van der Waals surface area (Å²) >= 11 is 0. The van der Waals surface area contributed by atoms with E-state index in [1.165, 1.54) is 0 Å². The second kappa shape index (κ2) is 8.02. The van der Waals surface area contributed by atoms with Crippen LogP contribution in [0.15, 0.2) is 36.4 Å². The van der Waals surface area contributed by atoms with E-state index in [0.29, 0.717) is 19.8 Å². The molecule has 1 amide bonds. The van der Waals surface area contributed by atoms with Gasteiger partial charge in [-0.25, -0.2) is 4.79 Å². The number of amides is 1. The molecule has 0 unspecified atom stereocenters. The molecule has 0 aliphatic heterocycles. The molecule has 2 aromatic rings. The summed E-state index contributed by atoms with van der Waals surface area (Å²) in [5.74, 6) is 0.830. The van der Waals surface area contributed by atoms with Crippen LogP contribution in [0, 0.1) is 0 Å². The fourth-order valence-electron chi connectivity index (χ4n) is 2.49. The summed E-state index contributed by atoms with van der Waals surface area (Å²) in [5, 5.41) is 4.96. The van der Waals surface area contributed by atoms with Gasteiger partial charge in [-0.1, -0.05) is 24.3 Å². The third kappa shape index (κ3) is 4.61. The molecule has 0 radical (unpaired) electrons. The van der Waals surface area contributed by atoms with E-state index in [2.05, 4.69) is 11.4 Å². The minimum absolute atomic E-state index is 0.112. The lowest BCUT2D eigenvalue weighted by Crippen LogP contribution is -2.24. The molecule has 2 aromatic carbocycles. The Bertz CT molecular complexity index is 697. The summed E-state index contributed by atoms with van der Waals surface area (Å²) in [6, 6.07) is 12.1. The van der Waals surface area contributed by atoms with Crippen LogP contribution in [0.25, 0.3) is 10.8 Å². The molecule has 0 heterocycles. The van der Waals surface area contributed by atoms with Gasteiger partial charge in [-0.2, -0.15) is 0 Å². The molecule has 0 spiro atoms. The molecule has 128 valence electrons. The summed E-state index contributed by atoms with van der Waals surface area (Å²) in [6.45, 7) is 1.69. The van der Waals surface area contributed by atoms with E-state index in [1.54, 1.807) is 7.11 Å². The Labute approximate surface area is 141 Å². The normalized spacial score (nSPS) is 13.7. The molecule has 0 saturated heterocycles. The maximum atomic E-state index is 11.7. The first-order valence-corrected chi connectivity index (χ1v) is 8.34. The van der Waals surface area contributed by atoms with Gasteiger partial charge >= 0.3 is 6.09 Å². The summed E-state index contributed by atoms with van der Waals surface area (Å²) in [7, 11) is 1.68. The van der Waals surface area contributed by atoms with Gasteiger partial charge in [-0.15, -0.1) is 0 Å². The summed E-state index contributed by atoms with van der Waals surface area (Å²) < 4.78 is 16.2. The number of methoxy groups -OCH3 is 1. The molecule has 1 aliphatic rings. The Balaban J connectivity index is 1.68. The lowest BCUT2D eigenvalue weighted by atomic mass is 10.1. The van der Waals surface area contributed by atoms with Crippen molar-refractivity contribution in [3.05, 3.63) is 42.0 Å². The van der Waals surface area contributed by atoms with Crippen molar-refractivity contribution in [3.63, 3.8) is 0 Å². The molecule has 5 heteroatoms. The van der Waals surface area contributed by atoms with Crippen molar-refractivity contribution in [3.8, 4) is 5.75 Å². The highest BCUT2D eigenvalue weighted by atomic mass is 16.6. The predicted octanol–water partition coefficient (Wildman–Crippen LogP) is 3.64. The molecule has 24 heavy (non-hydrogen) atoms. The number of carbonyl (C=O) groups excluding carboxylic acids is 1. The second-order valence-electron chi connectivity index (χ2n) is 5.97. The molecule has 0 atom stereocenters. The van der Waals surface area contributed by atoms with Gasteiger partial charge in [0.15, 0.2) is 0 Å². The van der Waals surface area contributed by atoms with Gasteiger partial charge in [-0.05, 0) is 35.9 Å². The van der Waals surface area contributed by atoms with E-state index < -0.39 is 0 Å². The Morgan fingerprint density at radius 2 is 2.04 bits per heavy atom. The first-order valence-electron chi connectivity index (χ1n) is 8.34. The largest absolute Gasteiger partial charge is 0.493 e. The highest BCUT2D eigenvalue weighted by Gasteiger charge is 2.25. The fraction of sp³-hybridized carbons (Fsp3) is 0.421. The minimum atomic E-state index is -0.353. The molecule has 5 nitrogen and oxygen atoms in total. The van der Waals surface area contributed by atoms with Crippen LogP contribution in [-0.4, -0.2) is 32.5 Å². The van der Waals surface area contributed by atoms with Crippen molar-refractivity contribution in [1.29, 1.82) is 0 Å². The Kier molecular flexibility index (Phi) is 5.54. The molecular weight excluding hydrogens is 306 g/mol. The third-order valence-corrected chi connectivity index (χ3v) is 3.87. The summed E-state index contributed by atoms with van der Waals surface area (Å²) in [6.07, 6.45) is 2.54. The zero-order chi connectivity index (χ0) is 16.8. The van der Waals surface area contributed by atoms with Crippen molar-refractivity contribution >= 4 is 16.9 Å². The third-order valence-electron chi connectivity index (χ3n) is 3.87.